The average molecular weight is 315 g/mol. The number of halogens is 1. The Morgan fingerprint density at radius 2 is 2.00 bits per heavy atom. The lowest BCUT2D eigenvalue weighted by Gasteiger charge is -2.20. The number of hydrogen-bond acceptors (Lipinski definition) is 4. The minimum atomic E-state index is -1.42. The fourth-order valence-electron chi connectivity index (χ4n) is 1.73. The van der Waals surface area contributed by atoms with Gasteiger partial charge in [-0.25, -0.2) is 9.59 Å². The quantitative estimate of drug-likeness (QED) is 0.687. The Morgan fingerprint density at radius 3 is 2.50 bits per heavy atom. The standard InChI is InChI=1S/C13H18FN3O5/c1-13(2,3)4-9(18)15-8(11(20)21)6-17-5-7(14)10(19)16-12(17)22/h5,8H,4,6H2,1-3H3,(H,15,18)(H,20,21)(H,16,19,22). The number of carbonyl (C=O) groups is 2. The maximum absolute atomic E-state index is 13.2. The maximum atomic E-state index is 13.2. The van der Waals surface area contributed by atoms with E-state index in [-0.39, 0.29) is 11.8 Å². The van der Waals surface area contributed by atoms with Crippen LogP contribution in [0.25, 0.3) is 0 Å². The predicted octanol–water partition coefficient (Wildman–Crippen LogP) is -0.319. The number of aromatic amines is 1. The third-order valence-corrected chi connectivity index (χ3v) is 2.67. The number of carboxylic acid groups (broad SMARTS) is 1. The van der Waals surface area contributed by atoms with E-state index in [0.717, 1.165) is 0 Å². The second kappa shape index (κ2) is 6.54. The van der Waals surface area contributed by atoms with Crippen LogP contribution in [0, 0.1) is 11.2 Å². The van der Waals surface area contributed by atoms with Gasteiger partial charge in [-0.05, 0) is 5.41 Å². The van der Waals surface area contributed by atoms with E-state index in [1.54, 1.807) is 4.98 Å². The van der Waals surface area contributed by atoms with E-state index in [4.69, 9.17) is 5.11 Å². The van der Waals surface area contributed by atoms with E-state index < -0.39 is 41.5 Å². The van der Waals surface area contributed by atoms with Crippen molar-refractivity contribution >= 4 is 11.9 Å². The lowest BCUT2D eigenvalue weighted by atomic mass is 9.92. The molecule has 1 unspecified atom stereocenters. The van der Waals surface area contributed by atoms with Crippen LogP contribution in [-0.4, -0.2) is 32.6 Å². The van der Waals surface area contributed by atoms with Gasteiger partial charge in [-0.1, -0.05) is 20.8 Å². The van der Waals surface area contributed by atoms with Crippen molar-refractivity contribution in [2.24, 2.45) is 5.41 Å². The third kappa shape index (κ3) is 5.15. The highest BCUT2D eigenvalue weighted by Crippen LogP contribution is 2.17. The molecule has 0 aliphatic rings. The molecule has 22 heavy (non-hydrogen) atoms. The molecule has 0 saturated heterocycles. The van der Waals surface area contributed by atoms with E-state index in [1.807, 2.05) is 20.8 Å². The van der Waals surface area contributed by atoms with Gasteiger partial charge in [0.2, 0.25) is 11.7 Å². The van der Waals surface area contributed by atoms with Gasteiger partial charge in [0.25, 0.3) is 5.56 Å². The Hall–Kier alpha value is -2.45. The average Bonchev–Trinajstić information content (AvgIpc) is 2.32. The minimum Gasteiger partial charge on any atom is -0.480 e. The van der Waals surface area contributed by atoms with Crippen LogP contribution in [-0.2, 0) is 16.1 Å². The van der Waals surface area contributed by atoms with Gasteiger partial charge in [0, 0.05) is 6.42 Å². The van der Waals surface area contributed by atoms with Crippen molar-refractivity contribution in [3.05, 3.63) is 32.9 Å². The summed E-state index contributed by atoms with van der Waals surface area (Å²) in [5.41, 5.74) is -2.48. The van der Waals surface area contributed by atoms with E-state index in [2.05, 4.69) is 5.32 Å². The Balaban J connectivity index is 2.93. The molecule has 1 aromatic rings. The number of aromatic nitrogens is 2. The molecule has 9 heteroatoms. The van der Waals surface area contributed by atoms with Crippen LogP contribution in [0.3, 0.4) is 0 Å². The topological polar surface area (TPSA) is 121 Å². The van der Waals surface area contributed by atoms with Crippen LogP contribution in [0.2, 0.25) is 0 Å². The summed E-state index contributed by atoms with van der Waals surface area (Å²) in [4.78, 5) is 47.1. The Kier molecular flexibility index (Phi) is 5.23. The van der Waals surface area contributed by atoms with Crippen LogP contribution in [0.4, 0.5) is 4.39 Å². The highest BCUT2D eigenvalue weighted by Gasteiger charge is 2.24. The summed E-state index contributed by atoms with van der Waals surface area (Å²) in [6, 6.07) is -1.42. The number of nitrogens with one attached hydrogen (secondary N) is 2. The van der Waals surface area contributed by atoms with Gasteiger partial charge in [-0.3, -0.25) is 19.1 Å². The van der Waals surface area contributed by atoms with Crippen LogP contribution in [0.5, 0.6) is 0 Å². The van der Waals surface area contributed by atoms with Gasteiger partial charge < -0.3 is 10.4 Å². The Labute approximate surface area is 125 Å². The van der Waals surface area contributed by atoms with Crippen molar-refractivity contribution in [1.29, 1.82) is 0 Å². The zero-order valence-electron chi connectivity index (χ0n) is 12.5. The monoisotopic (exact) mass is 315 g/mol. The first-order chi connectivity index (χ1) is 9.99. The summed E-state index contributed by atoms with van der Waals surface area (Å²) in [6.07, 6.45) is 0.693. The van der Waals surface area contributed by atoms with Gasteiger partial charge >= 0.3 is 11.7 Å². The van der Waals surface area contributed by atoms with E-state index in [0.29, 0.717) is 10.8 Å². The fourth-order valence-corrected chi connectivity index (χ4v) is 1.73. The summed E-state index contributed by atoms with van der Waals surface area (Å²) < 4.78 is 13.8. The summed E-state index contributed by atoms with van der Waals surface area (Å²) in [5, 5.41) is 11.4. The van der Waals surface area contributed by atoms with Gasteiger partial charge in [-0.15, -0.1) is 0 Å². The molecule has 0 saturated carbocycles. The van der Waals surface area contributed by atoms with Gasteiger partial charge in [0.15, 0.2) is 0 Å². The molecule has 1 amide bonds. The summed E-state index contributed by atoms with van der Waals surface area (Å²) in [6.45, 7) is 4.93. The third-order valence-electron chi connectivity index (χ3n) is 2.67. The minimum absolute atomic E-state index is 0.0890. The fraction of sp³-hybridized carbons (Fsp3) is 0.538. The largest absolute Gasteiger partial charge is 0.480 e. The van der Waals surface area contributed by atoms with Gasteiger partial charge in [0.05, 0.1) is 12.7 Å². The molecular weight excluding hydrogens is 297 g/mol. The van der Waals surface area contributed by atoms with Crippen LogP contribution in [0.1, 0.15) is 27.2 Å². The number of rotatable bonds is 5. The summed E-state index contributed by atoms with van der Waals surface area (Å²) >= 11 is 0. The number of carboxylic acids is 1. The Bertz CT molecular complexity index is 686. The summed E-state index contributed by atoms with van der Waals surface area (Å²) in [5.74, 6) is -3.09. The zero-order valence-corrected chi connectivity index (χ0v) is 12.5. The number of aliphatic carboxylic acids is 1. The van der Waals surface area contributed by atoms with Gasteiger partial charge in [0.1, 0.15) is 6.04 Å². The molecule has 0 spiro atoms. The van der Waals surface area contributed by atoms with Crippen molar-refractivity contribution < 1.29 is 19.1 Å². The first-order valence-corrected chi connectivity index (χ1v) is 6.51. The first kappa shape index (κ1) is 17.6. The van der Waals surface area contributed by atoms with Crippen LogP contribution < -0.4 is 16.6 Å². The molecule has 1 rings (SSSR count). The zero-order chi connectivity index (χ0) is 17.1. The normalized spacial score (nSPS) is 12.7. The number of amides is 1. The molecule has 0 aliphatic heterocycles. The second-order valence-corrected chi connectivity index (χ2v) is 6.08. The highest BCUT2D eigenvalue weighted by molar-refractivity contribution is 5.83. The highest BCUT2D eigenvalue weighted by atomic mass is 19.1. The van der Waals surface area contributed by atoms with E-state index in [1.165, 1.54) is 0 Å². The lowest BCUT2D eigenvalue weighted by molar-refractivity contribution is -0.142. The molecule has 0 bridgehead atoms. The lowest BCUT2D eigenvalue weighted by Crippen LogP contribution is -2.47. The van der Waals surface area contributed by atoms with Crippen molar-refractivity contribution in [3.8, 4) is 0 Å². The molecule has 8 nitrogen and oxygen atoms in total. The first-order valence-electron chi connectivity index (χ1n) is 6.51. The van der Waals surface area contributed by atoms with Crippen LogP contribution in [0.15, 0.2) is 15.8 Å². The SMILES string of the molecule is CC(C)(C)CC(=O)NC(Cn1cc(F)c(=O)[nH]c1=O)C(=O)O. The van der Waals surface area contributed by atoms with Crippen molar-refractivity contribution in [2.75, 3.05) is 0 Å². The number of H-pyrrole nitrogens is 1. The Morgan fingerprint density at radius 1 is 1.41 bits per heavy atom. The number of nitrogens with zero attached hydrogens (tertiary/aromatic N) is 1. The number of carbonyl (C=O) groups excluding carboxylic acids is 1. The van der Waals surface area contributed by atoms with Crippen molar-refractivity contribution in [3.63, 3.8) is 0 Å². The molecule has 1 atom stereocenters. The molecule has 0 aromatic carbocycles. The second-order valence-electron chi connectivity index (χ2n) is 6.08. The predicted molar refractivity (Wildman–Crippen MR) is 74.9 cm³/mol. The molecule has 0 aliphatic carbocycles. The smallest absolute Gasteiger partial charge is 0.328 e. The molecule has 3 N–H and O–H groups in total. The molecule has 1 aromatic heterocycles. The molecule has 0 fully saturated rings. The molecule has 1 heterocycles. The summed E-state index contributed by atoms with van der Waals surface area (Å²) in [7, 11) is 0. The van der Waals surface area contributed by atoms with E-state index >= 15 is 0 Å². The number of hydrogen-bond donors (Lipinski definition) is 3. The molecule has 122 valence electrons. The van der Waals surface area contributed by atoms with Crippen LogP contribution >= 0.6 is 0 Å². The maximum Gasteiger partial charge on any atom is 0.328 e. The van der Waals surface area contributed by atoms with E-state index in [9.17, 15) is 23.6 Å². The van der Waals surface area contributed by atoms with Crippen molar-refractivity contribution in [1.82, 2.24) is 14.9 Å². The molecule has 0 radical (unpaired) electrons. The molecular formula is C13H18FN3O5. The van der Waals surface area contributed by atoms with Gasteiger partial charge in [-0.2, -0.15) is 4.39 Å². The van der Waals surface area contributed by atoms with Crippen molar-refractivity contribution in [2.45, 2.75) is 39.8 Å².